The number of hydrazine groups is 1. The Kier molecular flexibility index (Phi) is 11.3. The van der Waals surface area contributed by atoms with Crippen molar-refractivity contribution in [2.75, 3.05) is 6.61 Å². The van der Waals surface area contributed by atoms with Crippen molar-refractivity contribution in [2.24, 2.45) is 0 Å². The van der Waals surface area contributed by atoms with Crippen LogP contribution >= 0.6 is 0 Å². The second-order valence-electron chi connectivity index (χ2n) is 8.85. The normalized spacial score (nSPS) is 12.2. The first-order valence-electron chi connectivity index (χ1n) is 12.7. The Balaban J connectivity index is 1.90. The second kappa shape index (κ2) is 15.2. The molecule has 0 radical (unpaired) electrons. The van der Waals surface area contributed by atoms with Crippen molar-refractivity contribution in [1.29, 1.82) is 0 Å². The van der Waals surface area contributed by atoms with Crippen LogP contribution in [0, 0.1) is 0 Å². The van der Waals surface area contributed by atoms with E-state index in [1.807, 2.05) is 85.8 Å². The zero-order valence-corrected chi connectivity index (χ0v) is 21.5. The van der Waals surface area contributed by atoms with Crippen molar-refractivity contribution in [3.05, 3.63) is 108 Å². The number of esters is 1. The highest BCUT2D eigenvalue weighted by Crippen LogP contribution is 2.15. The SMILES string of the molecule is CCCCOC(=O)N(N[C@@H](Cc1ccccc1)C(=O)O)[C@@H](Cc1ccccc1)C(=O)OCc1ccccc1. The number of benzene rings is 3. The van der Waals surface area contributed by atoms with Gasteiger partial charge in [-0.15, -0.1) is 0 Å². The zero-order valence-electron chi connectivity index (χ0n) is 21.5. The Morgan fingerprint density at radius 2 is 1.32 bits per heavy atom. The molecule has 0 fully saturated rings. The van der Waals surface area contributed by atoms with Crippen LogP contribution in [-0.2, 0) is 38.5 Å². The summed E-state index contributed by atoms with van der Waals surface area (Å²) < 4.78 is 11.0. The molecular formula is C30H34N2O6. The minimum atomic E-state index is -1.20. The Hall–Kier alpha value is -4.17. The van der Waals surface area contributed by atoms with Crippen molar-refractivity contribution in [3.8, 4) is 0 Å². The first-order chi connectivity index (χ1) is 18.5. The summed E-state index contributed by atoms with van der Waals surface area (Å²) in [5, 5.41) is 11.0. The van der Waals surface area contributed by atoms with Gasteiger partial charge in [-0.1, -0.05) is 104 Å². The van der Waals surface area contributed by atoms with Crippen molar-refractivity contribution in [3.63, 3.8) is 0 Å². The lowest BCUT2D eigenvalue weighted by molar-refractivity contribution is -0.154. The van der Waals surface area contributed by atoms with Crippen molar-refractivity contribution in [1.82, 2.24) is 10.4 Å². The Labute approximate surface area is 223 Å². The molecule has 0 spiro atoms. The maximum absolute atomic E-state index is 13.4. The maximum Gasteiger partial charge on any atom is 0.425 e. The largest absolute Gasteiger partial charge is 0.480 e. The molecule has 0 aliphatic heterocycles. The summed E-state index contributed by atoms with van der Waals surface area (Å²) in [4.78, 5) is 39.0. The zero-order chi connectivity index (χ0) is 27.2. The molecule has 3 aromatic rings. The molecule has 1 amide bonds. The summed E-state index contributed by atoms with van der Waals surface area (Å²) in [5.41, 5.74) is 5.11. The van der Waals surface area contributed by atoms with Crippen LogP contribution in [0.15, 0.2) is 91.0 Å². The second-order valence-corrected chi connectivity index (χ2v) is 8.85. The molecular weight excluding hydrogens is 484 g/mol. The molecule has 38 heavy (non-hydrogen) atoms. The summed E-state index contributed by atoms with van der Waals surface area (Å²) in [7, 11) is 0. The Bertz CT molecular complexity index is 1140. The third-order valence-corrected chi connectivity index (χ3v) is 5.88. The molecule has 0 bridgehead atoms. The smallest absolute Gasteiger partial charge is 0.425 e. The van der Waals surface area contributed by atoms with Crippen LogP contribution in [0.5, 0.6) is 0 Å². The van der Waals surface area contributed by atoms with Gasteiger partial charge in [0.2, 0.25) is 0 Å². The fraction of sp³-hybridized carbons (Fsp3) is 0.300. The molecule has 3 aromatic carbocycles. The number of nitrogens with one attached hydrogen (secondary N) is 1. The van der Waals surface area contributed by atoms with E-state index in [0.717, 1.165) is 28.1 Å². The van der Waals surface area contributed by atoms with Gasteiger partial charge >= 0.3 is 18.0 Å². The van der Waals surface area contributed by atoms with Crippen LogP contribution in [0.3, 0.4) is 0 Å². The number of rotatable bonds is 14. The number of hydrogen-bond acceptors (Lipinski definition) is 6. The molecule has 200 valence electrons. The van der Waals surface area contributed by atoms with E-state index in [4.69, 9.17) is 9.47 Å². The minimum Gasteiger partial charge on any atom is -0.480 e. The molecule has 0 aliphatic carbocycles. The van der Waals surface area contributed by atoms with E-state index in [9.17, 15) is 19.5 Å². The van der Waals surface area contributed by atoms with Gasteiger partial charge < -0.3 is 14.6 Å². The number of hydrogen-bond donors (Lipinski definition) is 2. The number of carboxylic acid groups (broad SMARTS) is 1. The highest BCUT2D eigenvalue weighted by molar-refractivity contribution is 5.82. The van der Waals surface area contributed by atoms with Crippen molar-refractivity contribution >= 4 is 18.0 Å². The van der Waals surface area contributed by atoms with E-state index < -0.39 is 30.1 Å². The lowest BCUT2D eigenvalue weighted by Gasteiger charge is -2.32. The molecule has 8 nitrogen and oxygen atoms in total. The third-order valence-electron chi connectivity index (χ3n) is 5.88. The number of carbonyl (C=O) groups excluding carboxylic acids is 2. The van der Waals surface area contributed by atoms with Crippen LogP contribution in [0.25, 0.3) is 0 Å². The minimum absolute atomic E-state index is 0.00998. The number of aliphatic carboxylic acids is 1. The predicted octanol–water partition coefficient (Wildman–Crippen LogP) is 4.78. The van der Waals surface area contributed by atoms with Crippen LogP contribution in [-0.4, -0.2) is 46.8 Å². The Morgan fingerprint density at radius 1 is 0.789 bits per heavy atom. The molecule has 0 saturated heterocycles. The van der Waals surface area contributed by atoms with Crippen molar-refractivity contribution in [2.45, 2.75) is 51.3 Å². The van der Waals surface area contributed by atoms with Crippen LogP contribution < -0.4 is 5.43 Å². The van der Waals surface area contributed by atoms with Gasteiger partial charge in [0.15, 0.2) is 6.04 Å². The van der Waals surface area contributed by atoms with E-state index in [1.54, 1.807) is 12.1 Å². The molecule has 2 N–H and O–H groups in total. The molecule has 0 heterocycles. The van der Waals surface area contributed by atoms with Gasteiger partial charge in [-0.3, -0.25) is 4.79 Å². The average Bonchev–Trinajstić information content (AvgIpc) is 2.94. The third kappa shape index (κ3) is 9.05. The van der Waals surface area contributed by atoms with Gasteiger partial charge in [0, 0.05) is 12.8 Å². The monoisotopic (exact) mass is 518 g/mol. The quantitative estimate of drug-likeness (QED) is 0.180. The topological polar surface area (TPSA) is 105 Å². The molecule has 0 unspecified atom stereocenters. The van der Waals surface area contributed by atoms with Crippen LogP contribution in [0.1, 0.15) is 36.5 Å². The van der Waals surface area contributed by atoms with Gasteiger partial charge in [0.1, 0.15) is 12.6 Å². The van der Waals surface area contributed by atoms with Crippen molar-refractivity contribution < 1.29 is 29.0 Å². The Morgan fingerprint density at radius 3 is 1.84 bits per heavy atom. The van der Waals surface area contributed by atoms with Gasteiger partial charge in [-0.25, -0.2) is 20.0 Å². The molecule has 0 aromatic heterocycles. The summed E-state index contributed by atoms with van der Waals surface area (Å²) in [6.45, 7) is 2.11. The van der Waals surface area contributed by atoms with Gasteiger partial charge in [-0.05, 0) is 23.1 Å². The summed E-state index contributed by atoms with van der Waals surface area (Å²) in [6.07, 6.45) is 0.788. The summed E-state index contributed by atoms with van der Waals surface area (Å²) in [5.74, 6) is -1.85. The van der Waals surface area contributed by atoms with Crippen LogP contribution in [0.2, 0.25) is 0 Å². The molecule has 0 aliphatic rings. The molecule has 2 atom stereocenters. The number of nitrogens with zero attached hydrogens (tertiary/aromatic N) is 1. The molecule has 3 rings (SSSR count). The number of amides is 1. The maximum atomic E-state index is 13.4. The summed E-state index contributed by atoms with van der Waals surface area (Å²) >= 11 is 0. The van der Waals surface area contributed by atoms with E-state index in [0.29, 0.717) is 6.42 Å². The van der Waals surface area contributed by atoms with E-state index >= 15 is 0 Å². The van der Waals surface area contributed by atoms with Crippen LogP contribution in [0.4, 0.5) is 4.79 Å². The molecule has 0 saturated carbocycles. The number of carbonyl (C=O) groups is 3. The average molecular weight is 519 g/mol. The standard InChI is InChI=1S/C30H34N2O6/c1-2-3-19-37-30(36)32(31-26(28(33)34)20-23-13-7-4-8-14-23)27(21-24-15-9-5-10-16-24)29(35)38-22-25-17-11-6-12-18-25/h4-18,26-27,31H,2-3,19-22H2,1H3,(H,33,34)/t26-,27-/m0/s1. The van der Waals surface area contributed by atoms with E-state index in [-0.39, 0.29) is 26.1 Å². The number of unbranched alkanes of at least 4 members (excludes halogenated alkanes) is 1. The highest BCUT2D eigenvalue weighted by atomic mass is 16.6. The van der Waals surface area contributed by atoms with E-state index in [1.165, 1.54) is 0 Å². The number of carboxylic acids is 1. The highest BCUT2D eigenvalue weighted by Gasteiger charge is 2.36. The first kappa shape index (κ1) is 28.4. The fourth-order valence-corrected chi connectivity index (χ4v) is 3.79. The fourth-order valence-electron chi connectivity index (χ4n) is 3.79. The lowest BCUT2D eigenvalue weighted by Crippen LogP contribution is -2.59. The van der Waals surface area contributed by atoms with E-state index in [2.05, 4.69) is 5.43 Å². The summed E-state index contributed by atoms with van der Waals surface area (Å²) in [6, 6.07) is 25.0. The first-order valence-corrected chi connectivity index (χ1v) is 12.7. The lowest BCUT2D eigenvalue weighted by atomic mass is 10.0. The van der Waals surface area contributed by atoms with Gasteiger partial charge in [0.25, 0.3) is 0 Å². The predicted molar refractivity (Wildman–Crippen MR) is 143 cm³/mol. The van der Waals surface area contributed by atoms with Gasteiger partial charge in [0.05, 0.1) is 6.61 Å². The van der Waals surface area contributed by atoms with Gasteiger partial charge in [-0.2, -0.15) is 0 Å². The molecule has 8 heteroatoms. The number of ether oxygens (including phenoxy) is 2.